The molecule has 0 saturated heterocycles. The second kappa shape index (κ2) is 4.63. The third-order valence-corrected chi connectivity index (χ3v) is 5.30. The van der Waals surface area contributed by atoms with Crippen LogP contribution in [0.15, 0.2) is 21.0 Å². The number of hydrogen-bond acceptors (Lipinski definition) is 3. The molecule has 0 bridgehead atoms. The van der Waals surface area contributed by atoms with E-state index in [0.717, 1.165) is 57.4 Å². The summed E-state index contributed by atoms with van der Waals surface area (Å²) in [4.78, 5) is 12.2. The minimum Gasteiger partial charge on any atom is -0.481 e. The molecule has 2 heterocycles. The zero-order chi connectivity index (χ0) is 16.4. The van der Waals surface area contributed by atoms with Gasteiger partial charge in [0.05, 0.1) is 5.41 Å². The number of aliphatic carboxylic acids is 1. The summed E-state index contributed by atoms with van der Waals surface area (Å²) in [5, 5.41) is 11.9. The van der Waals surface area contributed by atoms with E-state index in [9.17, 15) is 9.90 Å². The van der Waals surface area contributed by atoms with E-state index in [1.165, 1.54) is 0 Å². The number of carboxylic acids is 1. The molecule has 120 valence electrons. The van der Waals surface area contributed by atoms with Gasteiger partial charge in [0.25, 0.3) is 0 Å². The number of carbonyl (C=O) groups is 1. The zero-order valence-corrected chi connectivity index (χ0v) is 13.7. The topological polar surface area (TPSA) is 63.6 Å². The van der Waals surface area contributed by atoms with Crippen LogP contribution in [0.5, 0.6) is 0 Å². The smallest absolute Gasteiger partial charge is 0.314 e. The monoisotopic (exact) mass is 312 g/mol. The van der Waals surface area contributed by atoms with Gasteiger partial charge in [-0.2, -0.15) is 0 Å². The molecule has 1 fully saturated rings. The molecule has 0 unspecified atom stereocenters. The molecule has 1 saturated carbocycles. The number of furan rings is 2. The number of aryl methyl sites for hydroxylation is 3. The van der Waals surface area contributed by atoms with Gasteiger partial charge in [-0.1, -0.05) is 12.8 Å². The molecule has 0 radical (unpaired) electrons. The highest BCUT2D eigenvalue weighted by molar-refractivity contribution is 6.06. The maximum absolute atomic E-state index is 12.2. The van der Waals surface area contributed by atoms with Crippen LogP contribution in [0.4, 0.5) is 0 Å². The van der Waals surface area contributed by atoms with Crippen LogP contribution in [0.2, 0.25) is 0 Å². The maximum Gasteiger partial charge on any atom is 0.314 e. The van der Waals surface area contributed by atoms with E-state index in [1.54, 1.807) is 0 Å². The van der Waals surface area contributed by atoms with Crippen LogP contribution in [0.1, 0.15) is 48.3 Å². The van der Waals surface area contributed by atoms with Crippen molar-refractivity contribution in [3.05, 3.63) is 34.8 Å². The van der Waals surface area contributed by atoms with E-state index in [4.69, 9.17) is 8.83 Å². The molecule has 1 aromatic carbocycles. The normalized spacial score (nSPS) is 17.3. The standard InChI is InChI=1S/C19H20O4/c1-10-8-13-12(3)16-14(9-11(2)22-16)15(17(13)23-10)19(18(20)21)6-4-5-7-19/h8-9H,4-7H2,1-3H3,(H,20,21). The SMILES string of the molecule is Cc1cc2c(C3(C(=O)O)CCCC3)c3oc(C)cc3c(C)c2o1. The van der Waals surface area contributed by atoms with Crippen molar-refractivity contribution < 1.29 is 18.7 Å². The summed E-state index contributed by atoms with van der Waals surface area (Å²) in [7, 11) is 0. The number of fused-ring (bicyclic) bond motifs is 2. The third-order valence-electron chi connectivity index (χ3n) is 5.30. The lowest BCUT2D eigenvalue weighted by Gasteiger charge is -2.25. The predicted octanol–water partition coefficient (Wildman–Crippen LogP) is 5.00. The summed E-state index contributed by atoms with van der Waals surface area (Å²) in [5.41, 5.74) is 2.46. The molecule has 3 aromatic rings. The first-order valence-corrected chi connectivity index (χ1v) is 8.11. The summed E-state index contributed by atoms with van der Waals surface area (Å²) in [6.07, 6.45) is 3.17. The Morgan fingerprint density at radius 2 is 1.57 bits per heavy atom. The van der Waals surface area contributed by atoms with Crippen molar-refractivity contribution in [2.75, 3.05) is 0 Å². The van der Waals surface area contributed by atoms with Crippen molar-refractivity contribution in [1.82, 2.24) is 0 Å². The summed E-state index contributed by atoms with van der Waals surface area (Å²) in [6.45, 7) is 5.81. The van der Waals surface area contributed by atoms with Gasteiger partial charge in [0.1, 0.15) is 22.7 Å². The Kier molecular flexibility index (Phi) is 2.89. The average Bonchev–Trinajstić information content (AvgIpc) is 3.18. The average molecular weight is 312 g/mol. The Balaban J connectivity index is 2.22. The second-order valence-electron chi connectivity index (χ2n) is 6.79. The van der Waals surface area contributed by atoms with Gasteiger partial charge < -0.3 is 13.9 Å². The fourth-order valence-electron chi connectivity index (χ4n) is 4.23. The van der Waals surface area contributed by atoms with Crippen LogP contribution >= 0.6 is 0 Å². The highest BCUT2D eigenvalue weighted by Crippen LogP contribution is 2.49. The lowest BCUT2D eigenvalue weighted by atomic mass is 9.76. The van der Waals surface area contributed by atoms with E-state index in [0.29, 0.717) is 12.8 Å². The van der Waals surface area contributed by atoms with E-state index in [-0.39, 0.29) is 0 Å². The molecule has 4 nitrogen and oxygen atoms in total. The molecular weight excluding hydrogens is 292 g/mol. The lowest BCUT2D eigenvalue weighted by Crippen LogP contribution is -2.33. The van der Waals surface area contributed by atoms with Gasteiger partial charge in [-0.05, 0) is 45.7 Å². The van der Waals surface area contributed by atoms with Gasteiger partial charge in [0.15, 0.2) is 0 Å². The fraction of sp³-hybridized carbons (Fsp3) is 0.421. The first-order chi connectivity index (χ1) is 10.9. The quantitative estimate of drug-likeness (QED) is 0.723. The van der Waals surface area contributed by atoms with Crippen molar-refractivity contribution >= 4 is 27.9 Å². The van der Waals surface area contributed by atoms with Crippen molar-refractivity contribution in [2.24, 2.45) is 0 Å². The molecule has 0 aliphatic heterocycles. The largest absolute Gasteiger partial charge is 0.481 e. The first-order valence-electron chi connectivity index (χ1n) is 8.11. The van der Waals surface area contributed by atoms with Crippen molar-refractivity contribution in [3.63, 3.8) is 0 Å². The van der Waals surface area contributed by atoms with Gasteiger partial charge in [-0.3, -0.25) is 4.79 Å². The fourth-order valence-corrected chi connectivity index (χ4v) is 4.23. The summed E-state index contributed by atoms with van der Waals surface area (Å²) in [6, 6.07) is 3.94. The van der Waals surface area contributed by atoms with Gasteiger partial charge in [-0.15, -0.1) is 0 Å². The molecular formula is C19H20O4. The molecule has 4 heteroatoms. The van der Waals surface area contributed by atoms with Crippen LogP contribution in [0.25, 0.3) is 21.9 Å². The van der Waals surface area contributed by atoms with Crippen LogP contribution in [-0.2, 0) is 10.2 Å². The van der Waals surface area contributed by atoms with E-state index >= 15 is 0 Å². The van der Waals surface area contributed by atoms with Crippen molar-refractivity contribution in [1.29, 1.82) is 0 Å². The highest BCUT2D eigenvalue weighted by Gasteiger charge is 2.46. The zero-order valence-electron chi connectivity index (χ0n) is 13.7. The highest BCUT2D eigenvalue weighted by atomic mass is 16.4. The lowest BCUT2D eigenvalue weighted by molar-refractivity contribution is -0.143. The molecule has 4 rings (SSSR count). The summed E-state index contributed by atoms with van der Waals surface area (Å²) >= 11 is 0. The molecule has 0 atom stereocenters. The Hall–Kier alpha value is -2.23. The molecule has 0 spiro atoms. The Morgan fingerprint density at radius 1 is 1.00 bits per heavy atom. The predicted molar refractivity (Wildman–Crippen MR) is 88.0 cm³/mol. The van der Waals surface area contributed by atoms with Crippen LogP contribution in [-0.4, -0.2) is 11.1 Å². The maximum atomic E-state index is 12.2. The summed E-state index contributed by atoms with van der Waals surface area (Å²) in [5.74, 6) is 0.842. The second-order valence-corrected chi connectivity index (χ2v) is 6.79. The van der Waals surface area contributed by atoms with E-state index in [2.05, 4.69) is 0 Å². The molecule has 0 amide bonds. The first kappa shape index (κ1) is 14.4. The van der Waals surface area contributed by atoms with Gasteiger partial charge in [0.2, 0.25) is 0 Å². The molecule has 2 aromatic heterocycles. The molecule has 1 aliphatic carbocycles. The van der Waals surface area contributed by atoms with Crippen LogP contribution in [0, 0.1) is 20.8 Å². The van der Waals surface area contributed by atoms with E-state index < -0.39 is 11.4 Å². The third kappa shape index (κ3) is 1.81. The number of hydrogen-bond donors (Lipinski definition) is 1. The number of benzene rings is 1. The van der Waals surface area contributed by atoms with Crippen LogP contribution in [0.3, 0.4) is 0 Å². The molecule has 1 N–H and O–H groups in total. The van der Waals surface area contributed by atoms with Gasteiger partial charge in [-0.25, -0.2) is 0 Å². The minimum atomic E-state index is -0.870. The van der Waals surface area contributed by atoms with Crippen molar-refractivity contribution in [2.45, 2.75) is 51.9 Å². The van der Waals surface area contributed by atoms with Crippen LogP contribution < -0.4 is 0 Å². The van der Waals surface area contributed by atoms with E-state index in [1.807, 2.05) is 32.9 Å². The molecule has 23 heavy (non-hydrogen) atoms. The van der Waals surface area contributed by atoms with Crippen molar-refractivity contribution in [3.8, 4) is 0 Å². The Labute approximate surface area is 134 Å². The number of carboxylic acid groups (broad SMARTS) is 1. The number of rotatable bonds is 2. The Morgan fingerprint density at radius 3 is 2.17 bits per heavy atom. The molecule has 1 aliphatic rings. The van der Waals surface area contributed by atoms with Gasteiger partial charge in [0, 0.05) is 21.9 Å². The Bertz CT molecular complexity index is 878. The summed E-state index contributed by atoms with van der Waals surface area (Å²) < 4.78 is 11.9. The minimum absolute atomic E-state index is 0.652. The van der Waals surface area contributed by atoms with Gasteiger partial charge >= 0.3 is 5.97 Å².